The molecule has 3 aromatic rings. The molecule has 2 N–H and O–H groups in total. The van der Waals surface area contributed by atoms with E-state index in [2.05, 4.69) is 20.8 Å². The van der Waals surface area contributed by atoms with Crippen molar-refractivity contribution in [3.8, 4) is 0 Å². The van der Waals surface area contributed by atoms with Gasteiger partial charge in [0.2, 0.25) is 11.8 Å². The highest BCUT2D eigenvalue weighted by molar-refractivity contribution is 5.89. The number of halogens is 1. The van der Waals surface area contributed by atoms with Crippen LogP contribution in [0.25, 0.3) is 0 Å². The summed E-state index contributed by atoms with van der Waals surface area (Å²) in [5, 5.41) is 13.6. The Balaban J connectivity index is 1.65. The van der Waals surface area contributed by atoms with Gasteiger partial charge in [-0.05, 0) is 23.3 Å². The zero-order valence-corrected chi connectivity index (χ0v) is 13.6. The lowest BCUT2D eigenvalue weighted by Gasteiger charge is -2.09. The van der Waals surface area contributed by atoms with E-state index in [1.807, 2.05) is 24.3 Å². The van der Waals surface area contributed by atoms with Crippen LogP contribution < -0.4 is 10.6 Å². The average Bonchev–Trinajstić information content (AvgIpc) is 3.03. The highest BCUT2D eigenvalue weighted by Crippen LogP contribution is 2.18. The molecule has 0 aliphatic heterocycles. The van der Waals surface area contributed by atoms with Crippen molar-refractivity contribution in [1.82, 2.24) is 10.2 Å². The van der Waals surface area contributed by atoms with E-state index >= 15 is 0 Å². The Kier molecular flexibility index (Phi) is 5.03. The van der Waals surface area contributed by atoms with E-state index in [1.54, 1.807) is 18.2 Å². The SMILES string of the molecule is CC(=O)Nc1ccccc1CNc1nnc(Cc2ccccc2F)o1. The molecular formula is C18H17FN4O2. The molecule has 0 radical (unpaired) electrons. The van der Waals surface area contributed by atoms with Gasteiger partial charge in [0.25, 0.3) is 0 Å². The summed E-state index contributed by atoms with van der Waals surface area (Å²) in [5.74, 6) is -0.125. The average molecular weight is 340 g/mol. The Morgan fingerprint density at radius 3 is 2.56 bits per heavy atom. The Morgan fingerprint density at radius 1 is 1.08 bits per heavy atom. The van der Waals surface area contributed by atoms with Crippen LogP contribution in [0, 0.1) is 5.82 Å². The number of benzene rings is 2. The van der Waals surface area contributed by atoms with Gasteiger partial charge in [0, 0.05) is 19.2 Å². The third-order valence-corrected chi connectivity index (χ3v) is 3.52. The molecule has 0 fully saturated rings. The molecule has 128 valence electrons. The summed E-state index contributed by atoms with van der Waals surface area (Å²) < 4.78 is 19.2. The van der Waals surface area contributed by atoms with Gasteiger partial charge in [-0.3, -0.25) is 4.79 Å². The largest absolute Gasteiger partial charge is 0.408 e. The topological polar surface area (TPSA) is 80.0 Å². The van der Waals surface area contributed by atoms with Crippen LogP contribution in [0.15, 0.2) is 52.9 Å². The summed E-state index contributed by atoms with van der Waals surface area (Å²) in [6, 6.07) is 14.1. The van der Waals surface area contributed by atoms with Crippen LogP contribution in [0.2, 0.25) is 0 Å². The predicted molar refractivity (Wildman–Crippen MR) is 91.6 cm³/mol. The Bertz CT molecular complexity index is 879. The van der Waals surface area contributed by atoms with Crippen molar-refractivity contribution in [2.45, 2.75) is 19.9 Å². The molecular weight excluding hydrogens is 323 g/mol. The number of hydrogen-bond acceptors (Lipinski definition) is 5. The third-order valence-electron chi connectivity index (χ3n) is 3.52. The van der Waals surface area contributed by atoms with Gasteiger partial charge in [-0.2, -0.15) is 0 Å². The predicted octanol–water partition coefficient (Wildman–Crippen LogP) is 3.37. The fourth-order valence-corrected chi connectivity index (χ4v) is 2.36. The number of carbonyl (C=O) groups excluding carboxylic acids is 1. The molecule has 0 atom stereocenters. The summed E-state index contributed by atoms with van der Waals surface area (Å²) in [5.41, 5.74) is 2.09. The monoisotopic (exact) mass is 340 g/mol. The molecule has 0 aliphatic rings. The molecule has 0 unspecified atom stereocenters. The minimum Gasteiger partial charge on any atom is -0.408 e. The molecule has 0 saturated carbocycles. The molecule has 25 heavy (non-hydrogen) atoms. The Morgan fingerprint density at radius 2 is 1.80 bits per heavy atom. The van der Waals surface area contributed by atoms with Crippen LogP contribution in [0.5, 0.6) is 0 Å². The molecule has 0 spiro atoms. The van der Waals surface area contributed by atoms with Gasteiger partial charge in [-0.1, -0.05) is 41.5 Å². The number of nitrogens with zero attached hydrogens (tertiary/aromatic N) is 2. The summed E-state index contributed by atoms with van der Waals surface area (Å²) in [6.07, 6.45) is 0.226. The maximum absolute atomic E-state index is 13.7. The van der Waals surface area contributed by atoms with Gasteiger partial charge in [-0.15, -0.1) is 5.10 Å². The van der Waals surface area contributed by atoms with Crippen molar-refractivity contribution >= 4 is 17.6 Å². The van der Waals surface area contributed by atoms with Crippen LogP contribution in [0.4, 0.5) is 16.1 Å². The van der Waals surface area contributed by atoms with Gasteiger partial charge in [0.15, 0.2) is 0 Å². The standard InChI is InChI=1S/C18H17FN4O2/c1-12(24)21-16-9-5-3-7-14(16)11-20-18-23-22-17(25-18)10-13-6-2-4-8-15(13)19/h2-9H,10-11H2,1H3,(H,20,23)(H,21,24). The molecule has 3 rings (SSSR count). The number of rotatable bonds is 6. The first-order valence-electron chi connectivity index (χ1n) is 7.77. The quantitative estimate of drug-likeness (QED) is 0.719. The maximum Gasteiger partial charge on any atom is 0.315 e. The van der Waals surface area contributed by atoms with Crippen molar-refractivity contribution < 1.29 is 13.6 Å². The second-order valence-corrected chi connectivity index (χ2v) is 5.46. The van der Waals surface area contributed by atoms with Crippen molar-refractivity contribution in [3.63, 3.8) is 0 Å². The number of carbonyl (C=O) groups is 1. The second-order valence-electron chi connectivity index (χ2n) is 5.46. The third kappa shape index (κ3) is 4.41. The van der Waals surface area contributed by atoms with Gasteiger partial charge < -0.3 is 15.1 Å². The zero-order valence-electron chi connectivity index (χ0n) is 13.6. The van der Waals surface area contributed by atoms with E-state index in [4.69, 9.17) is 4.42 Å². The maximum atomic E-state index is 13.7. The van der Waals surface area contributed by atoms with Gasteiger partial charge in [0.1, 0.15) is 5.82 Å². The first-order chi connectivity index (χ1) is 12.1. The van der Waals surface area contributed by atoms with Crippen LogP contribution in [0.1, 0.15) is 23.9 Å². The van der Waals surface area contributed by atoms with Crippen LogP contribution in [-0.4, -0.2) is 16.1 Å². The smallest absolute Gasteiger partial charge is 0.315 e. The lowest BCUT2D eigenvalue weighted by molar-refractivity contribution is -0.114. The number of hydrogen-bond donors (Lipinski definition) is 2. The summed E-state index contributed by atoms with van der Waals surface area (Å²) in [6.45, 7) is 1.86. The number of para-hydroxylation sites is 1. The minimum absolute atomic E-state index is 0.141. The molecule has 7 heteroatoms. The van der Waals surface area contributed by atoms with Gasteiger partial charge in [0.05, 0.1) is 6.42 Å². The molecule has 1 aromatic heterocycles. The molecule has 0 aliphatic carbocycles. The lowest BCUT2D eigenvalue weighted by atomic mass is 10.1. The molecule has 0 saturated heterocycles. The van der Waals surface area contributed by atoms with E-state index in [-0.39, 0.29) is 24.2 Å². The second kappa shape index (κ2) is 7.57. The number of anilines is 2. The molecule has 1 amide bonds. The molecule has 0 bridgehead atoms. The lowest BCUT2D eigenvalue weighted by Crippen LogP contribution is -2.10. The van der Waals surface area contributed by atoms with E-state index in [9.17, 15) is 9.18 Å². The van der Waals surface area contributed by atoms with E-state index in [0.29, 0.717) is 23.7 Å². The highest BCUT2D eigenvalue weighted by atomic mass is 19.1. The normalized spacial score (nSPS) is 10.5. The van der Waals surface area contributed by atoms with Gasteiger partial charge in [-0.25, -0.2) is 4.39 Å². The van der Waals surface area contributed by atoms with Crippen molar-refractivity contribution in [2.75, 3.05) is 10.6 Å². The summed E-state index contributed by atoms with van der Waals surface area (Å²) in [4.78, 5) is 11.2. The number of amides is 1. The Hall–Kier alpha value is -3.22. The van der Waals surface area contributed by atoms with Crippen molar-refractivity contribution in [2.24, 2.45) is 0 Å². The molecule has 2 aromatic carbocycles. The number of nitrogens with one attached hydrogen (secondary N) is 2. The van der Waals surface area contributed by atoms with E-state index < -0.39 is 0 Å². The fourth-order valence-electron chi connectivity index (χ4n) is 2.36. The zero-order chi connectivity index (χ0) is 17.6. The summed E-state index contributed by atoms with van der Waals surface area (Å²) >= 11 is 0. The van der Waals surface area contributed by atoms with Crippen molar-refractivity contribution in [1.29, 1.82) is 0 Å². The van der Waals surface area contributed by atoms with Crippen LogP contribution in [0.3, 0.4) is 0 Å². The first kappa shape index (κ1) is 16.6. The van der Waals surface area contributed by atoms with Crippen LogP contribution in [-0.2, 0) is 17.8 Å². The highest BCUT2D eigenvalue weighted by Gasteiger charge is 2.10. The fraction of sp³-hybridized carbons (Fsp3) is 0.167. The van der Waals surface area contributed by atoms with E-state index in [0.717, 1.165) is 5.56 Å². The van der Waals surface area contributed by atoms with Crippen molar-refractivity contribution in [3.05, 3.63) is 71.4 Å². The minimum atomic E-state index is -0.306. The molecule has 6 nitrogen and oxygen atoms in total. The summed E-state index contributed by atoms with van der Waals surface area (Å²) in [7, 11) is 0. The Labute approximate surface area is 144 Å². The van der Waals surface area contributed by atoms with Gasteiger partial charge >= 0.3 is 6.01 Å². The van der Waals surface area contributed by atoms with Crippen LogP contribution >= 0.6 is 0 Å². The molecule has 1 heterocycles. The first-order valence-corrected chi connectivity index (χ1v) is 7.77. The van der Waals surface area contributed by atoms with E-state index in [1.165, 1.54) is 13.0 Å². The number of aromatic nitrogens is 2.